The van der Waals surface area contributed by atoms with Gasteiger partial charge >= 0.3 is 0 Å². The Balaban J connectivity index is 1.75. The van der Waals surface area contributed by atoms with Crippen LogP contribution in [0.15, 0.2) is 48.8 Å². The Kier molecular flexibility index (Phi) is 3.75. The third kappa shape index (κ3) is 3.12. The van der Waals surface area contributed by atoms with Crippen molar-refractivity contribution in [3.63, 3.8) is 0 Å². The van der Waals surface area contributed by atoms with Crippen molar-refractivity contribution in [2.24, 2.45) is 5.92 Å². The van der Waals surface area contributed by atoms with E-state index in [0.717, 1.165) is 44.8 Å². The van der Waals surface area contributed by atoms with Gasteiger partial charge in [0.1, 0.15) is 11.6 Å². The molecule has 0 saturated heterocycles. The maximum Gasteiger partial charge on any atom is 0.130 e. The van der Waals surface area contributed by atoms with E-state index >= 15 is 0 Å². The van der Waals surface area contributed by atoms with Crippen molar-refractivity contribution in [2.75, 3.05) is 5.32 Å². The van der Waals surface area contributed by atoms with Crippen molar-refractivity contribution in [1.82, 2.24) is 9.97 Å². The summed E-state index contributed by atoms with van der Waals surface area (Å²) in [5.74, 6) is 1.12. The fraction of sp³-hybridized carbons (Fsp3) is 0.238. The van der Waals surface area contributed by atoms with E-state index in [9.17, 15) is 4.39 Å². The first kappa shape index (κ1) is 15.8. The van der Waals surface area contributed by atoms with Crippen LogP contribution >= 0.6 is 0 Å². The van der Waals surface area contributed by atoms with Crippen molar-refractivity contribution in [2.45, 2.75) is 26.7 Å². The monoisotopic (exact) mass is 333 g/mol. The molecule has 4 heteroatoms. The summed E-state index contributed by atoms with van der Waals surface area (Å²) in [4.78, 5) is 9.16. The predicted octanol–water partition coefficient (Wildman–Crippen LogP) is 5.39. The van der Waals surface area contributed by atoms with Gasteiger partial charge in [0.2, 0.25) is 0 Å². The Morgan fingerprint density at radius 3 is 2.72 bits per heavy atom. The number of hydrogen-bond donors (Lipinski definition) is 1. The van der Waals surface area contributed by atoms with Crippen LogP contribution in [0.5, 0.6) is 0 Å². The summed E-state index contributed by atoms with van der Waals surface area (Å²) in [6, 6.07) is 8.79. The first-order chi connectivity index (χ1) is 12.0. The van der Waals surface area contributed by atoms with Crippen molar-refractivity contribution in [3.8, 4) is 11.3 Å². The second kappa shape index (κ2) is 5.96. The number of anilines is 1. The maximum absolute atomic E-state index is 13.6. The normalized spacial score (nSPS) is 13.9. The minimum Gasteiger partial charge on any atom is -0.344 e. The number of nitrogens with zero attached hydrogens (tertiary/aromatic N) is 2. The summed E-state index contributed by atoms with van der Waals surface area (Å²) in [5, 5.41) is 4.34. The average Bonchev–Trinajstić information content (AvgIpc) is 3.42. The predicted molar refractivity (Wildman–Crippen MR) is 99.9 cm³/mol. The van der Waals surface area contributed by atoms with Gasteiger partial charge in [-0.05, 0) is 68.0 Å². The van der Waals surface area contributed by atoms with Crippen LogP contribution in [0, 0.1) is 25.6 Å². The number of aryl methyl sites for hydroxylation is 2. The third-order valence-corrected chi connectivity index (χ3v) is 4.74. The molecule has 2 aromatic heterocycles. The highest BCUT2D eigenvalue weighted by Gasteiger charge is 2.24. The highest BCUT2D eigenvalue weighted by molar-refractivity contribution is 5.86. The molecule has 0 unspecified atom stereocenters. The summed E-state index contributed by atoms with van der Waals surface area (Å²) in [7, 11) is 0. The van der Waals surface area contributed by atoms with Crippen LogP contribution in [0.1, 0.15) is 24.0 Å². The molecule has 4 rings (SSSR count). The zero-order valence-corrected chi connectivity index (χ0v) is 14.4. The van der Waals surface area contributed by atoms with Crippen molar-refractivity contribution in [1.29, 1.82) is 0 Å². The second-order valence-corrected chi connectivity index (χ2v) is 6.79. The Hall–Kier alpha value is -2.75. The van der Waals surface area contributed by atoms with Gasteiger partial charge in [0.25, 0.3) is 0 Å². The van der Waals surface area contributed by atoms with E-state index < -0.39 is 0 Å². The minimum atomic E-state index is -0.253. The van der Waals surface area contributed by atoms with Crippen molar-refractivity contribution in [3.05, 3.63) is 65.7 Å². The van der Waals surface area contributed by atoms with E-state index in [0.29, 0.717) is 5.92 Å². The Morgan fingerprint density at radius 1 is 1.16 bits per heavy atom. The molecule has 0 amide bonds. The molecule has 1 aromatic carbocycles. The summed E-state index contributed by atoms with van der Waals surface area (Å²) in [6.07, 6.45) is 4.18. The molecule has 3 aromatic rings. The summed E-state index contributed by atoms with van der Waals surface area (Å²) >= 11 is 0. The number of benzene rings is 1. The average molecular weight is 333 g/mol. The van der Waals surface area contributed by atoms with E-state index in [1.807, 2.05) is 26.0 Å². The highest BCUT2D eigenvalue weighted by atomic mass is 19.1. The molecule has 0 aliphatic heterocycles. The molecule has 0 atom stereocenters. The Labute approximate surface area is 146 Å². The van der Waals surface area contributed by atoms with E-state index in [1.165, 1.54) is 25.0 Å². The third-order valence-electron chi connectivity index (χ3n) is 4.74. The highest BCUT2D eigenvalue weighted by Crippen LogP contribution is 2.36. The van der Waals surface area contributed by atoms with E-state index in [1.54, 1.807) is 12.3 Å². The quantitative estimate of drug-likeness (QED) is 0.696. The molecule has 2 heterocycles. The molecule has 126 valence electrons. The molecule has 1 N–H and O–H groups in total. The van der Waals surface area contributed by atoms with Gasteiger partial charge in [0.15, 0.2) is 0 Å². The van der Waals surface area contributed by atoms with Crippen molar-refractivity contribution < 1.29 is 4.39 Å². The largest absolute Gasteiger partial charge is 0.344 e. The maximum atomic E-state index is 13.6. The number of hydrogen-bond acceptors (Lipinski definition) is 3. The van der Waals surface area contributed by atoms with Gasteiger partial charge < -0.3 is 5.32 Å². The molecule has 0 bridgehead atoms. The fourth-order valence-corrected chi connectivity index (χ4v) is 3.07. The minimum absolute atomic E-state index is 0.253. The molecule has 25 heavy (non-hydrogen) atoms. The zero-order chi connectivity index (χ0) is 17.6. The van der Waals surface area contributed by atoms with E-state index in [-0.39, 0.29) is 5.82 Å². The first-order valence-electron chi connectivity index (χ1n) is 8.51. The SMILES string of the molecule is C=C(Nc1cc2c(C)cc(-c3cc(F)ccc3C)nc2cn1)C1CC1. The second-order valence-electron chi connectivity index (χ2n) is 6.79. The lowest BCUT2D eigenvalue weighted by Crippen LogP contribution is -2.02. The lowest BCUT2D eigenvalue weighted by atomic mass is 10.0. The number of pyridine rings is 2. The van der Waals surface area contributed by atoms with E-state index in [4.69, 9.17) is 4.98 Å². The molecule has 3 nitrogen and oxygen atoms in total. The number of rotatable bonds is 4. The van der Waals surface area contributed by atoms with Gasteiger partial charge in [-0.25, -0.2) is 14.4 Å². The standard InChI is InChI=1S/C21H20FN3/c1-12-4-7-16(22)9-17(12)19-8-13(2)18-10-21(23-11-20(18)25-19)24-14(3)15-5-6-15/h4,7-11,15H,3,5-6H2,1-2H3,(H,23,24). The molecule has 1 fully saturated rings. The lowest BCUT2D eigenvalue weighted by molar-refractivity contribution is 0.628. The van der Waals surface area contributed by atoms with Crippen LogP contribution in [-0.2, 0) is 0 Å². The van der Waals surface area contributed by atoms with Gasteiger partial charge in [0, 0.05) is 16.6 Å². The topological polar surface area (TPSA) is 37.8 Å². The number of nitrogens with one attached hydrogen (secondary N) is 1. The Bertz CT molecular complexity index is 990. The van der Waals surface area contributed by atoms with Gasteiger partial charge in [-0.3, -0.25) is 0 Å². The fourth-order valence-electron chi connectivity index (χ4n) is 3.07. The molecular weight excluding hydrogens is 313 g/mol. The van der Waals surface area contributed by atoms with Crippen molar-refractivity contribution >= 4 is 16.7 Å². The number of halogens is 1. The molecule has 1 saturated carbocycles. The number of allylic oxidation sites excluding steroid dienone is 1. The summed E-state index contributed by atoms with van der Waals surface area (Å²) in [6.45, 7) is 8.09. The molecule has 0 radical (unpaired) electrons. The van der Waals surface area contributed by atoms with Gasteiger partial charge in [-0.1, -0.05) is 12.6 Å². The molecule has 1 aliphatic carbocycles. The smallest absolute Gasteiger partial charge is 0.130 e. The van der Waals surface area contributed by atoms with Crippen LogP contribution in [0.25, 0.3) is 22.2 Å². The molecule has 0 spiro atoms. The summed E-state index contributed by atoms with van der Waals surface area (Å²) < 4.78 is 13.6. The van der Waals surface area contributed by atoms with Gasteiger partial charge in [-0.15, -0.1) is 0 Å². The first-order valence-corrected chi connectivity index (χ1v) is 8.51. The van der Waals surface area contributed by atoms with Gasteiger partial charge in [-0.2, -0.15) is 0 Å². The Morgan fingerprint density at radius 2 is 1.96 bits per heavy atom. The molecular formula is C21H20FN3. The number of fused-ring (bicyclic) bond motifs is 1. The zero-order valence-electron chi connectivity index (χ0n) is 14.4. The van der Waals surface area contributed by atoms with Crippen LogP contribution in [-0.4, -0.2) is 9.97 Å². The summed E-state index contributed by atoms with van der Waals surface area (Å²) in [5.41, 5.74) is 5.51. The van der Waals surface area contributed by atoms with Crippen LogP contribution < -0.4 is 5.32 Å². The van der Waals surface area contributed by atoms with Gasteiger partial charge in [0.05, 0.1) is 17.4 Å². The van der Waals surface area contributed by atoms with Crippen LogP contribution in [0.3, 0.4) is 0 Å². The van der Waals surface area contributed by atoms with E-state index in [2.05, 4.69) is 16.9 Å². The lowest BCUT2D eigenvalue weighted by Gasteiger charge is -2.12. The van der Waals surface area contributed by atoms with Crippen LogP contribution in [0.4, 0.5) is 10.2 Å². The van der Waals surface area contributed by atoms with Crippen LogP contribution in [0.2, 0.25) is 0 Å². The molecule has 1 aliphatic rings. The number of aromatic nitrogens is 2.